The average Bonchev–Trinajstić information content (AvgIpc) is 3.49. The predicted octanol–water partition coefficient (Wildman–Crippen LogP) is 1.65. The molecule has 0 spiro atoms. The van der Waals surface area contributed by atoms with Gasteiger partial charge in [-0.3, -0.25) is 4.79 Å². The van der Waals surface area contributed by atoms with Crippen LogP contribution in [0.2, 0.25) is 0 Å². The first kappa shape index (κ1) is 31.4. The SMILES string of the molecule is CN(C(=O)[C@@H](S[C@@H]1O[C@H](CO)[C@H](O)[C@H](n2cc(-c3cc(F)c(F)c(F)c3)nn2)[C@H]1O)C1(O)CCOCC1)c1ccccc1. The fourth-order valence-electron chi connectivity index (χ4n) is 5.24. The van der Waals surface area contributed by atoms with Gasteiger partial charge in [0.05, 0.1) is 18.4 Å². The summed E-state index contributed by atoms with van der Waals surface area (Å²) in [6, 6.07) is 8.94. The van der Waals surface area contributed by atoms with E-state index in [-0.39, 0.29) is 37.3 Å². The smallest absolute Gasteiger partial charge is 0.242 e. The van der Waals surface area contributed by atoms with Crippen LogP contribution in [0.4, 0.5) is 18.9 Å². The highest BCUT2D eigenvalue weighted by Gasteiger charge is 2.51. The molecule has 0 unspecified atom stereocenters. The standard InChI is InChI=1S/C28H31F3N4O7S/c1-34(16-5-3-2-4-6-16)26(39)25(28(40)7-9-41-10-8-28)43-27-24(38)22(23(37)20(14-36)42-27)35-13-19(32-33-35)15-11-17(29)21(31)18(30)12-15/h2-6,11-13,20,22-25,27,36-38,40H,7-10,14H2,1H3/t20-,22+,23+,24-,25-,27+/m1/s1. The van der Waals surface area contributed by atoms with Crippen LogP contribution in [0.1, 0.15) is 18.9 Å². The van der Waals surface area contributed by atoms with Crippen molar-refractivity contribution >= 4 is 23.4 Å². The predicted molar refractivity (Wildman–Crippen MR) is 148 cm³/mol. The Hall–Kier alpha value is -3.05. The number of hydrogen-bond acceptors (Lipinski definition) is 10. The highest BCUT2D eigenvalue weighted by Crippen LogP contribution is 2.42. The van der Waals surface area contributed by atoms with Crippen LogP contribution in [0.3, 0.4) is 0 Å². The maximum Gasteiger partial charge on any atom is 0.242 e. The number of benzene rings is 2. The van der Waals surface area contributed by atoms with Crippen molar-refractivity contribution < 1.29 is 47.9 Å². The number of halogens is 3. The van der Waals surface area contributed by atoms with Crippen molar-refractivity contribution in [3.05, 3.63) is 66.1 Å². The topological polar surface area (TPSA) is 150 Å². The zero-order valence-electron chi connectivity index (χ0n) is 23.0. The third-order valence-corrected chi connectivity index (χ3v) is 9.33. The molecule has 1 aromatic heterocycles. The molecule has 15 heteroatoms. The fourth-order valence-corrected chi connectivity index (χ4v) is 6.80. The van der Waals surface area contributed by atoms with E-state index in [0.29, 0.717) is 5.69 Å². The number of aliphatic hydroxyl groups is 4. The maximum absolute atomic E-state index is 13.9. The summed E-state index contributed by atoms with van der Waals surface area (Å²) in [5.41, 5.74) is -2.45. The summed E-state index contributed by atoms with van der Waals surface area (Å²) in [5.74, 6) is -4.99. The number of carbonyl (C=O) groups is 1. The lowest BCUT2D eigenvalue weighted by atomic mass is 9.89. The lowest BCUT2D eigenvalue weighted by Crippen LogP contribution is -2.58. The Morgan fingerprint density at radius 3 is 2.42 bits per heavy atom. The second-order valence-electron chi connectivity index (χ2n) is 10.5. The van der Waals surface area contributed by atoms with E-state index in [9.17, 15) is 38.4 Å². The summed E-state index contributed by atoms with van der Waals surface area (Å²) in [4.78, 5) is 15.3. The number of hydrogen-bond donors (Lipinski definition) is 4. The van der Waals surface area contributed by atoms with Crippen molar-refractivity contribution in [1.82, 2.24) is 15.0 Å². The number of amides is 1. The van der Waals surface area contributed by atoms with Crippen molar-refractivity contribution in [2.24, 2.45) is 0 Å². The van der Waals surface area contributed by atoms with Crippen LogP contribution in [-0.4, -0.2) is 103 Å². The molecule has 5 rings (SSSR count). The highest BCUT2D eigenvalue weighted by atomic mass is 32.2. The van der Waals surface area contributed by atoms with Crippen LogP contribution in [-0.2, 0) is 14.3 Å². The van der Waals surface area contributed by atoms with Crippen LogP contribution < -0.4 is 4.90 Å². The van der Waals surface area contributed by atoms with Gasteiger partial charge in [0.15, 0.2) is 17.5 Å². The molecule has 0 bridgehead atoms. The summed E-state index contributed by atoms with van der Waals surface area (Å²) in [6.07, 6.45) is -2.88. The number of aromatic nitrogens is 3. The zero-order valence-corrected chi connectivity index (χ0v) is 23.8. The third kappa shape index (κ3) is 6.29. The molecule has 2 saturated heterocycles. The number of nitrogens with zero attached hydrogens (tertiary/aromatic N) is 4. The lowest BCUT2D eigenvalue weighted by molar-refractivity contribution is -0.179. The van der Waals surface area contributed by atoms with Gasteiger partial charge in [0.25, 0.3) is 0 Å². The largest absolute Gasteiger partial charge is 0.394 e. The third-order valence-electron chi connectivity index (χ3n) is 7.76. The second-order valence-corrected chi connectivity index (χ2v) is 11.7. The van der Waals surface area contributed by atoms with E-state index in [1.807, 2.05) is 0 Å². The van der Waals surface area contributed by atoms with Crippen LogP contribution >= 0.6 is 11.8 Å². The van der Waals surface area contributed by atoms with Crippen molar-refractivity contribution in [3.8, 4) is 11.3 Å². The number of thioether (sulfide) groups is 1. The van der Waals surface area contributed by atoms with Gasteiger partial charge in [-0.2, -0.15) is 0 Å². The Balaban J connectivity index is 1.45. The molecule has 6 atom stereocenters. The minimum Gasteiger partial charge on any atom is -0.394 e. The summed E-state index contributed by atoms with van der Waals surface area (Å²) in [6.45, 7) is -0.258. The molecule has 2 fully saturated rings. The molecule has 3 aromatic rings. The van der Waals surface area contributed by atoms with Crippen LogP contribution in [0.15, 0.2) is 48.7 Å². The molecular formula is C28H31F3N4O7S. The Morgan fingerprint density at radius 2 is 1.79 bits per heavy atom. The van der Waals surface area contributed by atoms with E-state index in [1.54, 1.807) is 37.4 Å². The van der Waals surface area contributed by atoms with Gasteiger partial charge in [-0.25, -0.2) is 17.9 Å². The maximum atomic E-state index is 13.9. The zero-order chi connectivity index (χ0) is 30.9. The first-order chi connectivity index (χ1) is 20.5. The molecule has 2 aliphatic rings. The summed E-state index contributed by atoms with van der Waals surface area (Å²) in [7, 11) is 1.56. The van der Waals surface area contributed by atoms with E-state index in [1.165, 1.54) is 11.1 Å². The minimum atomic E-state index is -1.65. The van der Waals surface area contributed by atoms with Crippen LogP contribution in [0.25, 0.3) is 11.3 Å². The second kappa shape index (κ2) is 12.9. The van der Waals surface area contributed by atoms with Crippen molar-refractivity contribution in [2.45, 2.75) is 53.5 Å². The Labute approximate surface area is 248 Å². The quantitative estimate of drug-likeness (QED) is 0.273. The van der Waals surface area contributed by atoms with E-state index in [0.717, 1.165) is 28.6 Å². The van der Waals surface area contributed by atoms with Crippen LogP contribution in [0, 0.1) is 17.5 Å². The molecule has 232 valence electrons. The molecule has 11 nitrogen and oxygen atoms in total. The van der Waals surface area contributed by atoms with Gasteiger partial charge in [0, 0.05) is 44.4 Å². The summed E-state index contributed by atoms with van der Waals surface area (Å²) >= 11 is 0.845. The van der Waals surface area contributed by atoms with E-state index < -0.39 is 70.6 Å². The van der Waals surface area contributed by atoms with Gasteiger partial charge in [-0.15, -0.1) is 16.9 Å². The molecule has 4 N–H and O–H groups in total. The number of carbonyl (C=O) groups excluding carboxylic acids is 1. The van der Waals surface area contributed by atoms with Crippen molar-refractivity contribution in [3.63, 3.8) is 0 Å². The number of rotatable bonds is 8. The Morgan fingerprint density at radius 1 is 1.14 bits per heavy atom. The molecule has 1 amide bonds. The number of ether oxygens (including phenoxy) is 2. The first-order valence-corrected chi connectivity index (χ1v) is 14.5. The molecule has 0 aliphatic carbocycles. The van der Waals surface area contributed by atoms with Crippen LogP contribution in [0.5, 0.6) is 0 Å². The van der Waals surface area contributed by atoms with Gasteiger partial charge in [0.1, 0.15) is 40.7 Å². The first-order valence-electron chi connectivity index (χ1n) is 13.5. The van der Waals surface area contributed by atoms with Gasteiger partial charge in [-0.1, -0.05) is 23.4 Å². The molecule has 2 aromatic carbocycles. The Bertz CT molecular complexity index is 1410. The minimum absolute atomic E-state index is 0.0810. The molecule has 3 heterocycles. The fraction of sp³-hybridized carbons (Fsp3) is 0.464. The average molecular weight is 625 g/mol. The normalized spacial score (nSPS) is 26.2. The number of para-hydroxylation sites is 1. The monoisotopic (exact) mass is 624 g/mol. The molecule has 0 saturated carbocycles. The van der Waals surface area contributed by atoms with Gasteiger partial charge >= 0.3 is 0 Å². The molecule has 43 heavy (non-hydrogen) atoms. The lowest BCUT2D eigenvalue weighted by Gasteiger charge is -2.45. The van der Waals surface area contributed by atoms with E-state index >= 15 is 0 Å². The summed E-state index contributed by atoms with van der Waals surface area (Å²) < 4.78 is 53.5. The molecule has 0 radical (unpaired) electrons. The highest BCUT2D eigenvalue weighted by molar-refractivity contribution is 8.01. The summed E-state index contributed by atoms with van der Waals surface area (Å²) in [5, 5.41) is 50.7. The van der Waals surface area contributed by atoms with Gasteiger partial charge < -0.3 is 34.8 Å². The van der Waals surface area contributed by atoms with Crippen molar-refractivity contribution in [1.29, 1.82) is 0 Å². The Kier molecular flexibility index (Phi) is 9.41. The van der Waals surface area contributed by atoms with Gasteiger partial charge in [-0.05, 0) is 24.3 Å². The van der Waals surface area contributed by atoms with E-state index in [2.05, 4.69) is 10.3 Å². The van der Waals surface area contributed by atoms with Gasteiger partial charge in [0.2, 0.25) is 5.91 Å². The number of aliphatic hydroxyl groups excluding tert-OH is 3. The molecule has 2 aliphatic heterocycles. The number of anilines is 1. The molecular weight excluding hydrogens is 593 g/mol. The van der Waals surface area contributed by atoms with E-state index in [4.69, 9.17) is 9.47 Å². The van der Waals surface area contributed by atoms with Crippen molar-refractivity contribution in [2.75, 3.05) is 31.8 Å².